The Kier molecular flexibility index (Phi) is 11.5. The molecule has 0 bridgehead atoms. The molecule has 1 heterocycles. The van der Waals surface area contributed by atoms with Gasteiger partial charge in [0.05, 0.1) is 0 Å². The number of nitrogens with one attached hydrogen (secondary N) is 3. The van der Waals surface area contributed by atoms with Crippen LogP contribution in [0.4, 0.5) is 0 Å². The second-order valence-corrected chi connectivity index (χ2v) is 11.8. The monoisotopic (exact) mass is 562 g/mol. The molecule has 28 heavy (non-hydrogen) atoms. The fourth-order valence-corrected chi connectivity index (χ4v) is 6.84. The number of nitrogens with zero attached hydrogens (tertiary/aromatic N) is 1. The molecule has 0 aromatic carbocycles. The largest absolute Gasteiger partial charge is 0.355 e. The maximum absolute atomic E-state index is 12.2. The minimum atomic E-state index is -3.46. The fraction of sp³-hybridized carbons (Fsp3) is 0.706. The smallest absolute Gasteiger partial charge is 0.250 e. The lowest BCUT2D eigenvalue weighted by Gasteiger charge is -2.30. The van der Waals surface area contributed by atoms with Crippen LogP contribution < -0.4 is 15.4 Å². The molecule has 11 heteroatoms. The number of halogens is 1. The van der Waals surface area contributed by atoms with Crippen molar-refractivity contribution in [2.45, 2.75) is 55.0 Å². The molecule has 0 radical (unpaired) electrons. The first kappa shape index (κ1) is 25.8. The molecule has 7 nitrogen and oxygen atoms in total. The Balaban J connectivity index is 0.00000392. The van der Waals surface area contributed by atoms with E-state index >= 15 is 0 Å². The van der Waals surface area contributed by atoms with Crippen molar-refractivity contribution < 1.29 is 12.6 Å². The summed E-state index contributed by atoms with van der Waals surface area (Å²) in [4.78, 5) is 5.18. The van der Waals surface area contributed by atoms with Crippen molar-refractivity contribution in [3.8, 4) is 0 Å². The van der Waals surface area contributed by atoms with E-state index in [1.54, 1.807) is 19.2 Å². The first-order valence-electron chi connectivity index (χ1n) is 9.26. The third kappa shape index (κ3) is 7.88. The highest BCUT2D eigenvalue weighted by atomic mass is 127. The highest BCUT2D eigenvalue weighted by molar-refractivity contribution is 14.0. The van der Waals surface area contributed by atoms with E-state index in [1.807, 2.05) is 13.8 Å². The van der Waals surface area contributed by atoms with E-state index < -0.39 is 20.8 Å². The van der Waals surface area contributed by atoms with Gasteiger partial charge in [-0.1, -0.05) is 13.3 Å². The summed E-state index contributed by atoms with van der Waals surface area (Å²) in [7, 11) is -2.52. The van der Waals surface area contributed by atoms with E-state index in [-0.39, 0.29) is 41.8 Å². The molecule has 1 aliphatic carbocycles. The first-order valence-corrected chi connectivity index (χ1v) is 12.9. The summed E-state index contributed by atoms with van der Waals surface area (Å²) >= 11 is 1.26. The van der Waals surface area contributed by atoms with Gasteiger partial charge in [0.15, 0.2) is 5.96 Å². The van der Waals surface area contributed by atoms with Gasteiger partial charge >= 0.3 is 0 Å². The van der Waals surface area contributed by atoms with Crippen molar-refractivity contribution in [3.05, 3.63) is 17.0 Å². The zero-order chi connectivity index (χ0) is 19.9. The molecule has 1 fully saturated rings. The molecule has 1 aromatic heterocycles. The van der Waals surface area contributed by atoms with Crippen LogP contribution in [0.2, 0.25) is 0 Å². The van der Waals surface area contributed by atoms with Crippen LogP contribution in [0.25, 0.3) is 0 Å². The Hall–Kier alpha value is -0.240. The third-order valence-corrected chi connectivity index (χ3v) is 9.23. The van der Waals surface area contributed by atoms with Crippen LogP contribution in [-0.2, 0) is 20.8 Å². The van der Waals surface area contributed by atoms with Crippen LogP contribution in [0, 0.1) is 6.92 Å². The second kappa shape index (κ2) is 12.5. The van der Waals surface area contributed by atoms with Crippen molar-refractivity contribution in [2.24, 2.45) is 4.99 Å². The average Bonchev–Trinajstić information content (AvgIpc) is 3.11. The van der Waals surface area contributed by atoms with Crippen LogP contribution >= 0.6 is 35.3 Å². The van der Waals surface area contributed by atoms with Gasteiger partial charge in [0.25, 0.3) is 0 Å². The maximum Gasteiger partial charge on any atom is 0.250 e. The zero-order valence-electron chi connectivity index (χ0n) is 16.6. The van der Waals surface area contributed by atoms with Gasteiger partial charge < -0.3 is 10.6 Å². The highest BCUT2D eigenvalue weighted by Crippen LogP contribution is 2.23. The molecule has 1 saturated carbocycles. The van der Waals surface area contributed by atoms with Crippen LogP contribution in [0.15, 0.2) is 21.3 Å². The molecule has 3 unspecified atom stereocenters. The van der Waals surface area contributed by atoms with Crippen molar-refractivity contribution in [1.82, 2.24) is 15.4 Å². The number of thiophene rings is 1. The van der Waals surface area contributed by atoms with E-state index in [4.69, 9.17) is 0 Å². The highest BCUT2D eigenvalue weighted by Gasteiger charge is 2.26. The van der Waals surface area contributed by atoms with Crippen molar-refractivity contribution in [1.29, 1.82) is 0 Å². The molecule has 0 amide bonds. The van der Waals surface area contributed by atoms with Crippen LogP contribution in [0.1, 0.15) is 37.5 Å². The molecule has 1 aliphatic rings. The van der Waals surface area contributed by atoms with Gasteiger partial charge in [0.1, 0.15) is 4.21 Å². The molecular weight excluding hydrogens is 531 g/mol. The lowest BCUT2D eigenvalue weighted by atomic mass is 9.95. The van der Waals surface area contributed by atoms with E-state index in [9.17, 15) is 12.6 Å². The summed E-state index contributed by atoms with van der Waals surface area (Å²) in [6.45, 7) is 4.55. The Labute approximate surface area is 192 Å². The summed E-state index contributed by atoms with van der Waals surface area (Å²) in [6, 6.07) is 3.67. The second-order valence-electron chi connectivity index (χ2n) is 6.56. The predicted octanol–water partition coefficient (Wildman–Crippen LogP) is 2.20. The molecule has 0 saturated heterocycles. The van der Waals surface area contributed by atoms with Crippen LogP contribution in [0.3, 0.4) is 0 Å². The van der Waals surface area contributed by atoms with Gasteiger partial charge in [-0.05, 0) is 38.3 Å². The molecule has 3 N–H and O–H groups in total. The molecule has 0 aliphatic heterocycles. The number of aliphatic imine (C=N–C) groups is 1. The molecule has 162 valence electrons. The molecule has 2 rings (SSSR count). The molecule has 3 atom stereocenters. The Morgan fingerprint density at radius 3 is 2.68 bits per heavy atom. The zero-order valence-corrected chi connectivity index (χ0v) is 21.3. The van der Waals surface area contributed by atoms with Gasteiger partial charge in [-0.3, -0.25) is 9.20 Å². The normalized spacial score (nSPS) is 21.6. The third-order valence-electron chi connectivity index (χ3n) is 4.54. The van der Waals surface area contributed by atoms with Crippen LogP contribution in [0.5, 0.6) is 0 Å². The number of guanidine groups is 1. The molecule has 1 aromatic rings. The molecular formula is C17H31IN4O3S3. The topological polar surface area (TPSA) is 99.7 Å². The average molecular weight is 563 g/mol. The first-order chi connectivity index (χ1) is 12.9. The SMILES string of the molecule is CCS(=O)C1CCCC(NC(=NC)NCCNS(=O)(=O)c2ccc(C)s2)C1.I. The van der Waals surface area contributed by atoms with Gasteiger partial charge in [-0.15, -0.1) is 35.3 Å². The quantitative estimate of drug-likeness (QED) is 0.195. The number of hydrogen-bond acceptors (Lipinski definition) is 5. The lowest BCUT2D eigenvalue weighted by molar-refractivity contribution is 0.413. The van der Waals surface area contributed by atoms with Gasteiger partial charge in [0.2, 0.25) is 10.0 Å². The van der Waals surface area contributed by atoms with E-state index in [2.05, 4.69) is 20.3 Å². The Bertz CT molecular complexity index is 767. The van der Waals surface area contributed by atoms with E-state index in [1.165, 1.54) is 11.3 Å². The summed E-state index contributed by atoms with van der Waals surface area (Å²) in [5, 5.41) is 6.77. The number of hydrogen-bond donors (Lipinski definition) is 3. The van der Waals surface area contributed by atoms with E-state index in [0.29, 0.717) is 22.5 Å². The lowest BCUT2D eigenvalue weighted by Crippen LogP contribution is -2.48. The standard InChI is InChI=1S/C17H30N4O3S3.HI/c1-4-26(22)15-7-5-6-14(12-15)21-17(18-3)19-10-11-20-27(23,24)16-9-8-13(2)25-16;/h8-9,14-15,20H,4-7,10-12H2,1-3H3,(H2,18,19,21);1H. The minimum Gasteiger partial charge on any atom is -0.355 e. The number of sulfonamides is 1. The number of aryl methyl sites for hydroxylation is 1. The summed E-state index contributed by atoms with van der Waals surface area (Å²) < 4.78 is 39.4. The summed E-state index contributed by atoms with van der Waals surface area (Å²) in [6.07, 6.45) is 3.99. The fourth-order valence-electron chi connectivity index (χ4n) is 3.13. The van der Waals surface area contributed by atoms with Crippen molar-refractivity contribution >= 4 is 62.1 Å². The Morgan fingerprint density at radius 1 is 1.32 bits per heavy atom. The van der Waals surface area contributed by atoms with Crippen molar-refractivity contribution in [2.75, 3.05) is 25.9 Å². The minimum absolute atomic E-state index is 0. The van der Waals surface area contributed by atoms with Gasteiger partial charge in [-0.25, -0.2) is 13.1 Å². The Morgan fingerprint density at radius 2 is 2.07 bits per heavy atom. The predicted molar refractivity (Wildman–Crippen MR) is 129 cm³/mol. The summed E-state index contributed by atoms with van der Waals surface area (Å²) in [5.74, 6) is 1.35. The van der Waals surface area contributed by atoms with Crippen LogP contribution in [-0.4, -0.2) is 55.8 Å². The maximum atomic E-state index is 12.2. The number of rotatable bonds is 8. The van der Waals surface area contributed by atoms with E-state index in [0.717, 1.165) is 30.6 Å². The van der Waals surface area contributed by atoms with Crippen molar-refractivity contribution in [3.63, 3.8) is 0 Å². The van der Waals surface area contributed by atoms with Gasteiger partial charge in [-0.2, -0.15) is 0 Å². The summed E-state index contributed by atoms with van der Waals surface area (Å²) in [5.41, 5.74) is 0. The molecule has 0 spiro atoms. The van der Waals surface area contributed by atoms with Gasteiger partial charge in [0, 0.05) is 52.9 Å².